The molecule has 0 bridgehead atoms. The van der Waals surface area contributed by atoms with Gasteiger partial charge in [-0.3, -0.25) is 4.79 Å². The number of ether oxygens (including phenoxy) is 1. The Balaban J connectivity index is 2.23. The first-order valence-electron chi connectivity index (χ1n) is 7.06. The van der Waals surface area contributed by atoms with E-state index in [-0.39, 0.29) is 5.91 Å². The number of aromatic nitrogens is 1. The number of rotatable bonds is 3. The molecule has 4 nitrogen and oxygen atoms in total. The van der Waals surface area contributed by atoms with Gasteiger partial charge in [-0.05, 0) is 53.5 Å². The molecule has 2 aromatic heterocycles. The van der Waals surface area contributed by atoms with E-state index in [2.05, 4.69) is 27.8 Å². The Morgan fingerprint density at radius 2 is 2.09 bits per heavy atom. The molecule has 0 aliphatic rings. The van der Waals surface area contributed by atoms with Crippen molar-refractivity contribution < 1.29 is 9.53 Å². The van der Waals surface area contributed by atoms with Gasteiger partial charge in [0.05, 0.1) is 20.5 Å². The maximum atomic E-state index is 12.4. The van der Waals surface area contributed by atoms with Gasteiger partial charge in [-0.25, -0.2) is 0 Å². The lowest BCUT2D eigenvalue weighted by Crippen LogP contribution is -2.15. The molecule has 23 heavy (non-hydrogen) atoms. The van der Waals surface area contributed by atoms with Gasteiger partial charge in [0, 0.05) is 6.54 Å². The van der Waals surface area contributed by atoms with Crippen LogP contribution in [0.2, 0.25) is 0 Å². The van der Waals surface area contributed by atoms with Crippen LogP contribution in [0.5, 0.6) is 5.75 Å². The van der Waals surface area contributed by atoms with Gasteiger partial charge in [0.2, 0.25) is 0 Å². The summed E-state index contributed by atoms with van der Waals surface area (Å²) < 4.78 is 9.55. The van der Waals surface area contributed by atoms with Crippen molar-refractivity contribution in [2.75, 3.05) is 7.11 Å². The number of nitrogens with zero attached hydrogens (tertiary/aromatic N) is 2. The van der Waals surface area contributed by atoms with Crippen molar-refractivity contribution in [2.24, 2.45) is 4.99 Å². The van der Waals surface area contributed by atoms with Crippen LogP contribution in [0.3, 0.4) is 0 Å². The number of carbonyl (C=O) groups is 1. The van der Waals surface area contributed by atoms with Gasteiger partial charge in [-0.15, -0.1) is 11.3 Å². The van der Waals surface area contributed by atoms with Gasteiger partial charge in [-0.1, -0.05) is 17.4 Å². The second-order valence-electron chi connectivity index (χ2n) is 4.91. The molecule has 0 saturated heterocycles. The number of carbonyl (C=O) groups excluding carboxylic acids is 1. The number of halogens is 1. The molecule has 1 aromatic carbocycles. The molecule has 0 aliphatic carbocycles. The Kier molecular flexibility index (Phi) is 4.70. The van der Waals surface area contributed by atoms with Crippen LogP contribution in [0.4, 0.5) is 0 Å². The number of methoxy groups -OCH3 is 1. The SMILES string of the molecule is CCn1c(=NC(=O)c2ccc(Br)s2)sc2c(C)ccc(OC)c21. The van der Waals surface area contributed by atoms with Crippen LogP contribution in [0, 0.1) is 6.92 Å². The minimum atomic E-state index is -0.217. The second-order valence-corrected chi connectivity index (χ2v) is 8.35. The lowest BCUT2D eigenvalue weighted by molar-refractivity contribution is 0.100. The lowest BCUT2D eigenvalue weighted by atomic mass is 10.2. The van der Waals surface area contributed by atoms with Crippen LogP contribution in [-0.2, 0) is 6.54 Å². The molecule has 0 fully saturated rings. The number of thiophene rings is 1. The first-order valence-corrected chi connectivity index (χ1v) is 9.49. The lowest BCUT2D eigenvalue weighted by Gasteiger charge is -2.07. The normalized spacial score (nSPS) is 12.1. The van der Waals surface area contributed by atoms with Crippen molar-refractivity contribution in [2.45, 2.75) is 20.4 Å². The molecule has 0 spiro atoms. The van der Waals surface area contributed by atoms with E-state index in [1.165, 1.54) is 22.7 Å². The third kappa shape index (κ3) is 3.00. The van der Waals surface area contributed by atoms with Gasteiger partial charge >= 0.3 is 0 Å². The summed E-state index contributed by atoms with van der Waals surface area (Å²) in [5.41, 5.74) is 2.15. The average molecular weight is 411 g/mol. The fourth-order valence-electron chi connectivity index (χ4n) is 2.39. The summed E-state index contributed by atoms with van der Waals surface area (Å²) in [4.78, 5) is 18.1. The predicted molar refractivity (Wildman–Crippen MR) is 98.7 cm³/mol. The first kappa shape index (κ1) is 16.4. The van der Waals surface area contributed by atoms with E-state index >= 15 is 0 Å². The Bertz CT molecular complexity index is 953. The van der Waals surface area contributed by atoms with E-state index < -0.39 is 0 Å². The zero-order chi connectivity index (χ0) is 16.6. The predicted octanol–water partition coefficient (Wildman–Crippen LogP) is 4.60. The molecule has 0 radical (unpaired) electrons. The number of thiazole rings is 1. The van der Waals surface area contributed by atoms with E-state index in [9.17, 15) is 4.79 Å². The van der Waals surface area contributed by atoms with Crippen molar-refractivity contribution in [3.05, 3.63) is 43.3 Å². The topological polar surface area (TPSA) is 43.6 Å². The molecule has 3 rings (SSSR count). The number of hydrogen-bond donors (Lipinski definition) is 0. The average Bonchev–Trinajstić information content (AvgIpc) is 3.12. The quantitative estimate of drug-likeness (QED) is 0.632. The van der Waals surface area contributed by atoms with Crippen LogP contribution in [0.1, 0.15) is 22.2 Å². The van der Waals surface area contributed by atoms with Crippen molar-refractivity contribution in [3.63, 3.8) is 0 Å². The summed E-state index contributed by atoms with van der Waals surface area (Å²) in [7, 11) is 1.66. The van der Waals surface area contributed by atoms with Gasteiger partial charge in [0.25, 0.3) is 5.91 Å². The number of benzene rings is 1. The van der Waals surface area contributed by atoms with Gasteiger partial charge in [0.15, 0.2) is 4.80 Å². The third-order valence-corrected chi connectivity index (χ3v) is 6.33. The standard InChI is InChI=1S/C16H15BrN2O2S2/c1-4-19-13-10(21-3)6-5-9(2)14(13)23-16(19)18-15(20)11-7-8-12(17)22-11/h5-8H,4H2,1-3H3. The highest BCUT2D eigenvalue weighted by atomic mass is 79.9. The van der Waals surface area contributed by atoms with Crippen LogP contribution < -0.4 is 9.54 Å². The maximum Gasteiger partial charge on any atom is 0.289 e. The van der Waals surface area contributed by atoms with Crippen molar-refractivity contribution in [3.8, 4) is 5.75 Å². The molecule has 0 saturated carbocycles. The molecular weight excluding hydrogens is 396 g/mol. The molecule has 0 aliphatic heterocycles. The smallest absolute Gasteiger partial charge is 0.289 e. The highest BCUT2D eigenvalue weighted by Crippen LogP contribution is 2.30. The van der Waals surface area contributed by atoms with E-state index in [0.29, 0.717) is 9.68 Å². The van der Waals surface area contributed by atoms with Crippen molar-refractivity contribution in [1.29, 1.82) is 0 Å². The maximum absolute atomic E-state index is 12.4. The minimum absolute atomic E-state index is 0.217. The van der Waals surface area contributed by atoms with Gasteiger partial charge in [-0.2, -0.15) is 4.99 Å². The second kappa shape index (κ2) is 6.59. The highest BCUT2D eigenvalue weighted by Gasteiger charge is 2.14. The van der Waals surface area contributed by atoms with E-state index in [1.54, 1.807) is 13.2 Å². The monoisotopic (exact) mass is 410 g/mol. The minimum Gasteiger partial charge on any atom is -0.495 e. The molecule has 0 N–H and O–H groups in total. The molecule has 120 valence electrons. The summed E-state index contributed by atoms with van der Waals surface area (Å²) in [5.74, 6) is 0.586. The summed E-state index contributed by atoms with van der Waals surface area (Å²) in [6, 6.07) is 7.63. The number of aryl methyl sites for hydroxylation is 2. The Hall–Kier alpha value is -1.44. The third-order valence-electron chi connectivity index (χ3n) is 3.50. The Morgan fingerprint density at radius 1 is 1.30 bits per heavy atom. The molecule has 0 unspecified atom stereocenters. The summed E-state index contributed by atoms with van der Waals surface area (Å²) in [6.07, 6.45) is 0. The largest absolute Gasteiger partial charge is 0.495 e. The van der Waals surface area contributed by atoms with Crippen LogP contribution in [-0.4, -0.2) is 17.6 Å². The first-order chi connectivity index (χ1) is 11.0. The number of hydrogen-bond acceptors (Lipinski definition) is 4. The number of amides is 1. The van der Waals surface area contributed by atoms with Crippen LogP contribution >= 0.6 is 38.6 Å². The highest BCUT2D eigenvalue weighted by molar-refractivity contribution is 9.11. The molecule has 2 heterocycles. The zero-order valence-corrected chi connectivity index (χ0v) is 16.1. The Morgan fingerprint density at radius 3 is 2.70 bits per heavy atom. The van der Waals surface area contributed by atoms with Crippen LogP contribution in [0.15, 0.2) is 33.0 Å². The Labute approximate surface area is 150 Å². The van der Waals surface area contributed by atoms with Gasteiger partial charge < -0.3 is 9.30 Å². The van der Waals surface area contributed by atoms with Crippen molar-refractivity contribution >= 4 is 54.7 Å². The summed E-state index contributed by atoms with van der Waals surface area (Å²) in [6.45, 7) is 4.82. The zero-order valence-electron chi connectivity index (χ0n) is 12.9. The summed E-state index contributed by atoms with van der Waals surface area (Å²) in [5, 5.41) is 0. The molecule has 0 atom stereocenters. The molecule has 7 heteroatoms. The fraction of sp³-hybridized carbons (Fsp3) is 0.250. The summed E-state index contributed by atoms with van der Waals surface area (Å²) >= 11 is 6.29. The van der Waals surface area contributed by atoms with Gasteiger partial charge in [0.1, 0.15) is 11.3 Å². The van der Waals surface area contributed by atoms with E-state index in [1.807, 2.05) is 29.7 Å². The van der Waals surface area contributed by atoms with E-state index in [4.69, 9.17) is 4.74 Å². The fourth-order valence-corrected chi connectivity index (χ4v) is 4.84. The molecular formula is C16H15BrN2O2S2. The van der Waals surface area contributed by atoms with Crippen molar-refractivity contribution in [1.82, 2.24) is 4.57 Å². The molecule has 1 amide bonds. The van der Waals surface area contributed by atoms with E-state index in [0.717, 1.165) is 31.9 Å². The molecule has 3 aromatic rings. The number of fused-ring (bicyclic) bond motifs is 1. The van der Waals surface area contributed by atoms with Crippen LogP contribution in [0.25, 0.3) is 10.2 Å².